The number of anilines is 2. The average molecular weight is 270 g/mol. The molecule has 5 heteroatoms. The van der Waals surface area contributed by atoms with Gasteiger partial charge in [-0.1, -0.05) is 0 Å². The minimum atomic E-state index is 0.521. The van der Waals surface area contributed by atoms with E-state index in [-0.39, 0.29) is 0 Å². The van der Waals surface area contributed by atoms with Gasteiger partial charge in [-0.15, -0.1) is 0 Å². The predicted octanol–water partition coefficient (Wildman–Crippen LogP) is 2.05. The summed E-state index contributed by atoms with van der Waals surface area (Å²) in [5.74, 6) is 1.75. The molecule has 0 aliphatic heterocycles. The van der Waals surface area contributed by atoms with E-state index >= 15 is 0 Å². The maximum Gasteiger partial charge on any atom is 0.137 e. The zero-order valence-corrected chi connectivity index (χ0v) is 11.3. The van der Waals surface area contributed by atoms with Crippen LogP contribution < -0.4 is 15.8 Å². The van der Waals surface area contributed by atoms with Crippen molar-refractivity contribution in [2.24, 2.45) is 5.73 Å². The second-order valence-corrected chi connectivity index (χ2v) is 4.79. The summed E-state index contributed by atoms with van der Waals surface area (Å²) in [6.07, 6.45) is 4.90. The summed E-state index contributed by atoms with van der Waals surface area (Å²) in [4.78, 5) is 8.67. The quantitative estimate of drug-likeness (QED) is 0.870. The number of fused-ring (bicyclic) bond motifs is 1. The van der Waals surface area contributed by atoms with Gasteiger partial charge >= 0.3 is 0 Å². The Labute approximate surface area is 118 Å². The van der Waals surface area contributed by atoms with Gasteiger partial charge in [0.1, 0.15) is 24.5 Å². The van der Waals surface area contributed by atoms with Gasteiger partial charge < -0.3 is 15.8 Å². The molecule has 3 N–H and O–H groups in total. The van der Waals surface area contributed by atoms with Crippen molar-refractivity contribution >= 4 is 11.5 Å². The van der Waals surface area contributed by atoms with Crippen molar-refractivity contribution in [2.45, 2.75) is 19.3 Å². The van der Waals surface area contributed by atoms with Gasteiger partial charge in [0.05, 0.1) is 0 Å². The largest absolute Gasteiger partial charge is 0.492 e. The molecule has 2 aromatic rings. The van der Waals surface area contributed by atoms with E-state index in [1.54, 1.807) is 6.33 Å². The first kappa shape index (κ1) is 12.9. The molecule has 0 saturated heterocycles. The highest BCUT2D eigenvalue weighted by Gasteiger charge is 2.16. The van der Waals surface area contributed by atoms with Crippen LogP contribution in [0.4, 0.5) is 11.5 Å². The molecule has 0 amide bonds. The van der Waals surface area contributed by atoms with E-state index in [0.29, 0.717) is 13.2 Å². The van der Waals surface area contributed by atoms with Gasteiger partial charge in [-0.25, -0.2) is 9.97 Å². The third-order valence-electron chi connectivity index (χ3n) is 3.38. The molecule has 0 saturated carbocycles. The zero-order chi connectivity index (χ0) is 13.8. The van der Waals surface area contributed by atoms with Gasteiger partial charge in [-0.3, -0.25) is 0 Å². The van der Waals surface area contributed by atoms with Crippen molar-refractivity contribution in [1.82, 2.24) is 9.97 Å². The first-order valence-corrected chi connectivity index (χ1v) is 6.89. The summed E-state index contributed by atoms with van der Waals surface area (Å²) in [5.41, 5.74) is 8.82. The van der Waals surface area contributed by atoms with Crippen LogP contribution in [0, 0.1) is 0 Å². The number of hydrogen-bond donors (Lipinski definition) is 2. The number of benzene rings is 1. The Bertz CT molecular complexity index is 583. The van der Waals surface area contributed by atoms with Gasteiger partial charge in [0.2, 0.25) is 0 Å². The van der Waals surface area contributed by atoms with Crippen molar-refractivity contribution in [3.63, 3.8) is 0 Å². The molecular weight excluding hydrogens is 252 g/mol. The molecule has 3 rings (SSSR count). The van der Waals surface area contributed by atoms with E-state index < -0.39 is 0 Å². The number of nitrogens with two attached hydrogens (primary N) is 1. The molecular formula is C15H18N4O. The van der Waals surface area contributed by atoms with E-state index in [9.17, 15) is 0 Å². The van der Waals surface area contributed by atoms with Crippen LogP contribution in [0.1, 0.15) is 17.7 Å². The van der Waals surface area contributed by atoms with E-state index in [1.807, 2.05) is 24.3 Å². The highest BCUT2D eigenvalue weighted by Crippen LogP contribution is 2.27. The second kappa shape index (κ2) is 5.88. The van der Waals surface area contributed by atoms with Crippen molar-refractivity contribution in [3.8, 4) is 5.75 Å². The van der Waals surface area contributed by atoms with E-state index in [1.165, 1.54) is 11.3 Å². The zero-order valence-electron chi connectivity index (χ0n) is 11.3. The molecule has 0 unspecified atom stereocenters. The standard InChI is InChI=1S/C15H18N4O/c16-8-9-20-12-6-4-11(5-7-12)19-15-13-2-1-3-14(13)17-10-18-15/h4-7,10H,1-3,8-9,16H2,(H,17,18,19). The number of nitrogens with zero attached hydrogens (tertiary/aromatic N) is 2. The van der Waals surface area contributed by atoms with Gasteiger partial charge in [0.25, 0.3) is 0 Å². The summed E-state index contributed by atoms with van der Waals surface area (Å²) in [7, 11) is 0. The highest BCUT2D eigenvalue weighted by molar-refractivity contribution is 5.61. The molecule has 0 spiro atoms. The molecule has 20 heavy (non-hydrogen) atoms. The molecule has 104 valence electrons. The number of hydrogen-bond acceptors (Lipinski definition) is 5. The summed E-state index contributed by atoms with van der Waals surface area (Å²) >= 11 is 0. The van der Waals surface area contributed by atoms with Crippen molar-refractivity contribution in [2.75, 3.05) is 18.5 Å². The Kier molecular flexibility index (Phi) is 3.78. The molecule has 1 aromatic carbocycles. The normalized spacial score (nSPS) is 13.1. The lowest BCUT2D eigenvalue weighted by Gasteiger charge is -2.10. The van der Waals surface area contributed by atoms with Crippen LogP contribution in [0.15, 0.2) is 30.6 Å². The topological polar surface area (TPSA) is 73.1 Å². The monoisotopic (exact) mass is 270 g/mol. The van der Waals surface area contributed by atoms with Crippen LogP contribution in [-0.4, -0.2) is 23.1 Å². The maximum absolute atomic E-state index is 5.46. The van der Waals surface area contributed by atoms with Crippen LogP contribution in [-0.2, 0) is 12.8 Å². The Morgan fingerprint density at radius 3 is 2.80 bits per heavy atom. The molecule has 1 aromatic heterocycles. The van der Waals surface area contributed by atoms with Crippen molar-refractivity contribution < 1.29 is 4.74 Å². The minimum Gasteiger partial charge on any atom is -0.492 e. The summed E-state index contributed by atoms with van der Waals surface area (Å²) in [6, 6.07) is 7.82. The Balaban J connectivity index is 1.73. The van der Waals surface area contributed by atoms with Gasteiger partial charge in [0.15, 0.2) is 0 Å². The average Bonchev–Trinajstić information content (AvgIpc) is 2.96. The lowest BCUT2D eigenvalue weighted by Crippen LogP contribution is -2.10. The third kappa shape index (κ3) is 2.72. The SMILES string of the molecule is NCCOc1ccc(Nc2ncnc3c2CCC3)cc1. The Morgan fingerprint density at radius 2 is 2.00 bits per heavy atom. The second-order valence-electron chi connectivity index (χ2n) is 4.79. The predicted molar refractivity (Wildman–Crippen MR) is 78.3 cm³/mol. The third-order valence-corrected chi connectivity index (χ3v) is 3.38. The summed E-state index contributed by atoms with van der Waals surface area (Å²) in [6.45, 7) is 1.05. The van der Waals surface area contributed by atoms with E-state index in [4.69, 9.17) is 10.5 Å². The number of aromatic nitrogens is 2. The summed E-state index contributed by atoms with van der Waals surface area (Å²) < 4.78 is 5.46. The van der Waals surface area contributed by atoms with Crippen LogP contribution in [0.25, 0.3) is 0 Å². The lowest BCUT2D eigenvalue weighted by atomic mass is 10.2. The number of ether oxygens (including phenoxy) is 1. The molecule has 1 aliphatic rings. The first-order chi connectivity index (χ1) is 9.86. The molecule has 1 aliphatic carbocycles. The minimum absolute atomic E-state index is 0.521. The van der Waals surface area contributed by atoms with Crippen molar-refractivity contribution in [3.05, 3.63) is 41.9 Å². The molecule has 0 atom stereocenters. The number of rotatable bonds is 5. The number of nitrogens with one attached hydrogen (secondary N) is 1. The molecule has 0 bridgehead atoms. The highest BCUT2D eigenvalue weighted by atomic mass is 16.5. The van der Waals surface area contributed by atoms with Gasteiger partial charge in [0, 0.05) is 23.5 Å². The van der Waals surface area contributed by atoms with E-state index in [0.717, 1.165) is 36.5 Å². The molecule has 5 nitrogen and oxygen atoms in total. The molecule has 0 radical (unpaired) electrons. The fraction of sp³-hybridized carbons (Fsp3) is 0.333. The molecule has 0 fully saturated rings. The van der Waals surface area contributed by atoms with Crippen LogP contribution in [0.3, 0.4) is 0 Å². The number of aryl methyl sites for hydroxylation is 1. The maximum atomic E-state index is 5.46. The summed E-state index contributed by atoms with van der Waals surface area (Å²) in [5, 5.41) is 3.36. The Morgan fingerprint density at radius 1 is 1.15 bits per heavy atom. The Hall–Kier alpha value is -2.14. The first-order valence-electron chi connectivity index (χ1n) is 6.89. The van der Waals surface area contributed by atoms with Crippen molar-refractivity contribution in [1.29, 1.82) is 0 Å². The van der Waals surface area contributed by atoms with Gasteiger partial charge in [-0.2, -0.15) is 0 Å². The van der Waals surface area contributed by atoms with Crippen LogP contribution in [0.2, 0.25) is 0 Å². The fourth-order valence-corrected chi connectivity index (χ4v) is 2.42. The fourth-order valence-electron chi connectivity index (χ4n) is 2.42. The molecule has 1 heterocycles. The lowest BCUT2D eigenvalue weighted by molar-refractivity contribution is 0.328. The van der Waals surface area contributed by atoms with Crippen LogP contribution >= 0.6 is 0 Å². The van der Waals surface area contributed by atoms with Gasteiger partial charge in [-0.05, 0) is 43.5 Å². The van der Waals surface area contributed by atoms with Crippen LogP contribution in [0.5, 0.6) is 5.75 Å². The van der Waals surface area contributed by atoms with E-state index in [2.05, 4.69) is 15.3 Å². The smallest absolute Gasteiger partial charge is 0.137 e.